The molecule has 1 atom stereocenters. The number of benzene rings is 1. The van der Waals surface area contributed by atoms with Gasteiger partial charge in [-0.3, -0.25) is 4.98 Å². The van der Waals surface area contributed by atoms with Gasteiger partial charge in [-0.25, -0.2) is 8.78 Å². The first-order chi connectivity index (χ1) is 9.66. The molecular weight excluding hydrogens is 264 g/mol. The number of rotatable bonds is 7. The third-order valence-electron chi connectivity index (χ3n) is 3.03. The van der Waals surface area contributed by atoms with Crippen LogP contribution in [0.25, 0.3) is 10.9 Å². The van der Waals surface area contributed by atoms with Gasteiger partial charge in [-0.15, -0.1) is 0 Å². The van der Waals surface area contributed by atoms with E-state index in [1.54, 1.807) is 6.20 Å². The number of aliphatic hydroxyl groups is 1. The fourth-order valence-corrected chi connectivity index (χ4v) is 2.08. The molecule has 1 aromatic heterocycles. The number of fused-ring (bicyclic) bond motifs is 1. The molecule has 20 heavy (non-hydrogen) atoms. The Hall–Kier alpha value is -1.59. The summed E-state index contributed by atoms with van der Waals surface area (Å²) in [5, 5.41) is 10.9. The number of ether oxygens (including phenoxy) is 1. The van der Waals surface area contributed by atoms with Crippen LogP contribution in [0.1, 0.15) is 12.0 Å². The Morgan fingerprint density at radius 1 is 1.20 bits per heavy atom. The monoisotopic (exact) mass is 281 g/mol. The van der Waals surface area contributed by atoms with Crippen molar-refractivity contribution in [3.05, 3.63) is 42.1 Å². The molecule has 2 rings (SSSR count). The van der Waals surface area contributed by atoms with Crippen molar-refractivity contribution in [1.29, 1.82) is 0 Å². The van der Waals surface area contributed by atoms with E-state index in [-0.39, 0.29) is 6.61 Å². The molecule has 108 valence electrons. The topological polar surface area (TPSA) is 42.4 Å². The van der Waals surface area contributed by atoms with Crippen LogP contribution < -0.4 is 0 Å². The highest BCUT2D eigenvalue weighted by atomic mass is 19.3. The maximum absolute atomic E-state index is 11.9. The maximum Gasteiger partial charge on any atom is 0.261 e. The van der Waals surface area contributed by atoms with Crippen molar-refractivity contribution < 1.29 is 18.6 Å². The summed E-state index contributed by atoms with van der Waals surface area (Å²) in [5.41, 5.74) is 1.88. The molecule has 0 spiro atoms. The minimum absolute atomic E-state index is 0.133. The van der Waals surface area contributed by atoms with Crippen molar-refractivity contribution in [3.63, 3.8) is 0 Å². The zero-order chi connectivity index (χ0) is 14.4. The van der Waals surface area contributed by atoms with Gasteiger partial charge in [0.2, 0.25) is 0 Å². The van der Waals surface area contributed by atoms with Gasteiger partial charge >= 0.3 is 0 Å². The molecule has 1 unspecified atom stereocenters. The van der Waals surface area contributed by atoms with Crippen molar-refractivity contribution in [3.8, 4) is 0 Å². The van der Waals surface area contributed by atoms with Crippen LogP contribution in [0.2, 0.25) is 0 Å². The van der Waals surface area contributed by atoms with E-state index in [1.165, 1.54) is 0 Å². The van der Waals surface area contributed by atoms with Crippen LogP contribution in [0.5, 0.6) is 0 Å². The summed E-state index contributed by atoms with van der Waals surface area (Å²) in [6, 6.07) is 9.57. The molecule has 2 aromatic rings. The van der Waals surface area contributed by atoms with E-state index in [2.05, 4.69) is 4.98 Å². The van der Waals surface area contributed by atoms with E-state index in [1.807, 2.05) is 30.3 Å². The molecule has 0 aliphatic rings. The molecule has 0 aliphatic carbocycles. The lowest BCUT2D eigenvalue weighted by Crippen LogP contribution is -2.15. The average molecular weight is 281 g/mol. The first-order valence-corrected chi connectivity index (χ1v) is 6.53. The summed E-state index contributed by atoms with van der Waals surface area (Å²) in [5.74, 6) is 0. The van der Waals surface area contributed by atoms with E-state index in [0.717, 1.165) is 16.5 Å². The first-order valence-electron chi connectivity index (χ1n) is 6.53. The zero-order valence-corrected chi connectivity index (χ0v) is 11.0. The molecular formula is C15H17F2NO2. The van der Waals surface area contributed by atoms with E-state index in [0.29, 0.717) is 12.8 Å². The molecule has 1 N–H and O–H groups in total. The third kappa shape index (κ3) is 4.21. The molecule has 0 radical (unpaired) electrons. The van der Waals surface area contributed by atoms with Gasteiger partial charge in [0.25, 0.3) is 6.43 Å². The van der Waals surface area contributed by atoms with Crippen LogP contribution >= 0.6 is 0 Å². The Kier molecular flexibility index (Phi) is 5.38. The smallest absolute Gasteiger partial charge is 0.261 e. The molecule has 5 heteroatoms. The normalized spacial score (nSPS) is 13.0. The standard InChI is InChI=1S/C15H17F2NO2/c16-15(17)10-20-8-6-12(19)9-11-5-7-18-14-4-2-1-3-13(11)14/h1-5,7,12,15,19H,6,8-10H2. The van der Waals surface area contributed by atoms with Gasteiger partial charge in [-0.05, 0) is 30.5 Å². The number of hydrogen-bond acceptors (Lipinski definition) is 3. The fraction of sp³-hybridized carbons (Fsp3) is 0.400. The lowest BCUT2D eigenvalue weighted by Gasteiger charge is -2.12. The van der Waals surface area contributed by atoms with Crippen LogP contribution in [0, 0.1) is 0 Å². The van der Waals surface area contributed by atoms with Crippen molar-refractivity contribution in [2.45, 2.75) is 25.4 Å². The van der Waals surface area contributed by atoms with Crippen molar-refractivity contribution in [2.75, 3.05) is 13.2 Å². The molecule has 0 saturated heterocycles. The molecule has 1 heterocycles. The Morgan fingerprint density at radius 3 is 2.80 bits per heavy atom. The zero-order valence-electron chi connectivity index (χ0n) is 11.0. The molecule has 0 bridgehead atoms. The first kappa shape index (κ1) is 14.8. The predicted molar refractivity (Wildman–Crippen MR) is 72.9 cm³/mol. The second kappa shape index (κ2) is 7.26. The van der Waals surface area contributed by atoms with Gasteiger partial charge in [-0.1, -0.05) is 18.2 Å². The minimum atomic E-state index is -2.46. The van der Waals surface area contributed by atoms with E-state index >= 15 is 0 Å². The number of alkyl halides is 2. The Balaban J connectivity index is 1.91. The second-order valence-electron chi connectivity index (χ2n) is 4.60. The summed E-state index contributed by atoms with van der Waals surface area (Å²) in [6.07, 6.45) is -0.572. The summed E-state index contributed by atoms with van der Waals surface area (Å²) in [4.78, 5) is 4.25. The van der Waals surface area contributed by atoms with Crippen molar-refractivity contribution in [1.82, 2.24) is 4.98 Å². The van der Waals surface area contributed by atoms with E-state index in [9.17, 15) is 13.9 Å². The van der Waals surface area contributed by atoms with Crippen LogP contribution in [0.15, 0.2) is 36.5 Å². The maximum atomic E-state index is 11.9. The molecule has 0 saturated carbocycles. The minimum Gasteiger partial charge on any atom is -0.393 e. The number of aliphatic hydroxyl groups excluding tert-OH is 1. The SMILES string of the molecule is OC(CCOCC(F)F)Cc1ccnc2ccccc12. The Labute approximate surface area is 116 Å². The lowest BCUT2D eigenvalue weighted by atomic mass is 10.0. The van der Waals surface area contributed by atoms with Gasteiger partial charge in [0, 0.05) is 18.2 Å². The predicted octanol–water partition coefficient (Wildman–Crippen LogP) is 2.81. The number of aromatic nitrogens is 1. The van der Waals surface area contributed by atoms with Crippen LogP contribution in [-0.2, 0) is 11.2 Å². The van der Waals surface area contributed by atoms with E-state index in [4.69, 9.17) is 4.74 Å². The summed E-state index contributed by atoms with van der Waals surface area (Å²) in [7, 11) is 0. The van der Waals surface area contributed by atoms with E-state index < -0.39 is 19.1 Å². The third-order valence-corrected chi connectivity index (χ3v) is 3.03. The highest BCUT2D eigenvalue weighted by Gasteiger charge is 2.09. The quantitative estimate of drug-likeness (QED) is 0.794. The van der Waals surface area contributed by atoms with Gasteiger partial charge in [0.1, 0.15) is 6.61 Å². The second-order valence-corrected chi connectivity index (χ2v) is 4.60. The Morgan fingerprint density at radius 2 is 2.00 bits per heavy atom. The largest absolute Gasteiger partial charge is 0.393 e. The molecule has 1 aromatic carbocycles. The highest BCUT2D eigenvalue weighted by molar-refractivity contribution is 5.81. The van der Waals surface area contributed by atoms with Crippen LogP contribution in [0.3, 0.4) is 0 Å². The fourth-order valence-electron chi connectivity index (χ4n) is 2.08. The van der Waals surface area contributed by atoms with Gasteiger partial charge in [0.15, 0.2) is 0 Å². The molecule has 0 amide bonds. The van der Waals surface area contributed by atoms with Gasteiger partial charge in [-0.2, -0.15) is 0 Å². The number of nitrogens with zero attached hydrogens (tertiary/aromatic N) is 1. The van der Waals surface area contributed by atoms with Crippen LogP contribution in [-0.4, -0.2) is 35.8 Å². The van der Waals surface area contributed by atoms with Gasteiger partial charge in [0.05, 0.1) is 11.6 Å². The number of para-hydroxylation sites is 1. The average Bonchev–Trinajstić information content (AvgIpc) is 2.44. The molecule has 0 fully saturated rings. The molecule has 0 aliphatic heterocycles. The number of hydrogen-bond donors (Lipinski definition) is 1. The summed E-state index contributed by atoms with van der Waals surface area (Å²) < 4.78 is 28.5. The molecule has 3 nitrogen and oxygen atoms in total. The lowest BCUT2D eigenvalue weighted by molar-refractivity contribution is 0.00515. The highest BCUT2D eigenvalue weighted by Crippen LogP contribution is 2.18. The van der Waals surface area contributed by atoms with Crippen molar-refractivity contribution in [2.24, 2.45) is 0 Å². The van der Waals surface area contributed by atoms with Crippen molar-refractivity contribution >= 4 is 10.9 Å². The Bertz CT molecular complexity index is 543. The number of pyridine rings is 1. The summed E-state index contributed by atoms with van der Waals surface area (Å²) in [6.45, 7) is -0.445. The van der Waals surface area contributed by atoms with Gasteiger partial charge < -0.3 is 9.84 Å². The summed E-state index contributed by atoms with van der Waals surface area (Å²) >= 11 is 0. The van der Waals surface area contributed by atoms with Crippen LogP contribution in [0.4, 0.5) is 8.78 Å². The number of halogens is 2.